The first-order valence-electron chi connectivity index (χ1n) is 7.96. The smallest absolute Gasteiger partial charge is 0.276 e. The predicted octanol–water partition coefficient (Wildman–Crippen LogP) is 2.45. The van der Waals surface area contributed by atoms with Gasteiger partial charge in [-0.25, -0.2) is 8.42 Å². The Morgan fingerprint density at radius 3 is 2.32 bits per heavy atom. The molecule has 0 radical (unpaired) electrons. The summed E-state index contributed by atoms with van der Waals surface area (Å²) in [6, 6.07) is 14.6. The lowest BCUT2D eigenvalue weighted by Crippen LogP contribution is -2.48. The van der Waals surface area contributed by atoms with Crippen molar-refractivity contribution in [3.05, 3.63) is 54.7 Å². The van der Waals surface area contributed by atoms with E-state index in [2.05, 4.69) is 10.1 Å². The molecule has 0 spiro atoms. The van der Waals surface area contributed by atoms with E-state index >= 15 is 0 Å². The Morgan fingerprint density at radius 2 is 1.64 bits per heavy atom. The van der Waals surface area contributed by atoms with Gasteiger partial charge in [0.05, 0.1) is 6.20 Å². The number of furan rings is 1. The second-order valence-electron chi connectivity index (χ2n) is 5.72. The van der Waals surface area contributed by atoms with E-state index in [-0.39, 0.29) is 5.09 Å². The number of anilines is 1. The quantitative estimate of drug-likeness (QED) is 0.712. The van der Waals surface area contributed by atoms with Gasteiger partial charge in [0, 0.05) is 37.9 Å². The molecule has 2 aromatic heterocycles. The van der Waals surface area contributed by atoms with Crippen LogP contribution >= 0.6 is 0 Å². The van der Waals surface area contributed by atoms with Crippen LogP contribution in [0.3, 0.4) is 0 Å². The first-order valence-corrected chi connectivity index (χ1v) is 9.40. The molecule has 0 unspecified atom stereocenters. The molecule has 0 N–H and O–H groups in total. The maximum absolute atomic E-state index is 12.8. The Hall–Kier alpha value is -2.58. The normalized spacial score (nSPS) is 16.2. The highest BCUT2D eigenvalue weighted by Gasteiger charge is 2.31. The highest BCUT2D eigenvalue weighted by molar-refractivity contribution is 7.89. The molecule has 0 saturated carbocycles. The summed E-state index contributed by atoms with van der Waals surface area (Å²) in [7, 11) is -3.66. The number of piperazine rings is 1. The van der Waals surface area contributed by atoms with Crippen LogP contribution in [-0.2, 0) is 10.0 Å². The van der Waals surface area contributed by atoms with Crippen LogP contribution in [0.15, 0.2) is 68.8 Å². The molecule has 4 rings (SSSR count). The zero-order valence-corrected chi connectivity index (χ0v) is 14.2. The Labute approximate surface area is 145 Å². The van der Waals surface area contributed by atoms with Crippen molar-refractivity contribution in [3.8, 4) is 11.5 Å². The SMILES string of the molecule is O=S(=O)(c1ccc(-c2ccno2)o1)N1CCN(c2ccccc2)CC1. The maximum atomic E-state index is 12.8. The molecule has 0 amide bonds. The van der Waals surface area contributed by atoms with E-state index in [0.29, 0.717) is 37.7 Å². The van der Waals surface area contributed by atoms with Gasteiger partial charge in [-0.15, -0.1) is 0 Å². The number of aromatic nitrogens is 1. The zero-order chi connectivity index (χ0) is 17.3. The summed E-state index contributed by atoms with van der Waals surface area (Å²) in [5.41, 5.74) is 1.10. The molecule has 25 heavy (non-hydrogen) atoms. The summed E-state index contributed by atoms with van der Waals surface area (Å²) in [6.07, 6.45) is 1.48. The van der Waals surface area contributed by atoms with E-state index in [1.165, 1.54) is 16.6 Å². The summed E-state index contributed by atoms with van der Waals surface area (Å²) in [5.74, 6) is 0.745. The van der Waals surface area contributed by atoms with Gasteiger partial charge in [0.25, 0.3) is 10.0 Å². The lowest BCUT2D eigenvalue weighted by atomic mass is 10.2. The van der Waals surface area contributed by atoms with E-state index in [1.807, 2.05) is 30.3 Å². The average molecular weight is 359 g/mol. The van der Waals surface area contributed by atoms with Crippen molar-refractivity contribution in [2.45, 2.75) is 5.09 Å². The molecule has 3 aromatic rings. The standard InChI is InChI=1S/C17H17N3O4S/c21-25(22,17-7-6-15(23-17)16-8-9-18-24-16)20-12-10-19(11-13-20)14-4-2-1-3-5-14/h1-9H,10-13H2. The predicted molar refractivity (Wildman–Crippen MR) is 91.6 cm³/mol. The van der Waals surface area contributed by atoms with Crippen molar-refractivity contribution >= 4 is 15.7 Å². The summed E-state index contributed by atoms with van der Waals surface area (Å²) in [4.78, 5) is 2.17. The van der Waals surface area contributed by atoms with E-state index in [1.54, 1.807) is 12.1 Å². The number of hydrogen-bond acceptors (Lipinski definition) is 6. The van der Waals surface area contributed by atoms with Crippen molar-refractivity contribution in [3.63, 3.8) is 0 Å². The molecule has 8 heteroatoms. The Morgan fingerprint density at radius 1 is 0.880 bits per heavy atom. The van der Waals surface area contributed by atoms with Crippen molar-refractivity contribution in [2.24, 2.45) is 0 Å². The monoisotopic (exact) mass is 359 g/mol. The minimum Gasteiger partial charge on any atom is -0.440 e. The fourth-order valence-corrected chi connectivity index (χ4v) is 4.22. The largest absolute Gasteiger partial charge is 0.440 e. The summed E-state index contributed by atoms with van der Waals surface area (Å²) >= 11 is 0. The second-order valence-corrected chi connectivity index (χ2v) is 7.59. The van der Waals surface area contributed by atoms with E-state index in [0.717, 1.165) is 5.69 Å². The van der Waals surface area contributed by atoms with Crippen LogP contribution in [0.4, 0.5) is 5.69 Å². The Balaban J connectivity index is 1.49. The number of nitrogens with zero attached hydrogens (tertiary/aromatic N) is 3. The molecule has 1 aromatic carbocycles. The van der Waals surface area contributed by atoms with E-state index in [9.17, 15) is 8.42 Å². The third-order valence-corrected chi connectivity index (χ3v) is 5.99. The molecule has 1 saturated heterocycles. The molecule has 130 valence electrons. The first kappa shape index (κ1) is 15.9. The molecule has 7 nitrogen and oxygen atoms in total. The molecule has 1 aliphatic heterocycles. The molecule has 1 aliphatic rings. The average Bonchev–Trinajstić information content (AvgIpc) is 3.34. The van der Waals surface area contributed by atoms with E-state index in [4.69, 9.17) is 8.94 Å². The Kier molecular flexibility index (Phi) is 4.06. The summed E-state index contributed by atoms with van der Waals surface area (Å²) in [6.45, 7) is 2.10. The molecule has 1 fully saturated rings. The highest BCUT2D eigenvalue weighted by atomic mass is 32.2. The number of sulfonamides is 1. The van der Waals surface area contributed by atoms with Crippen LogP contribution in [0.1, 0.15) is 0 Å². The van der Waals surface area contributed by atoms with Gasteiger partial charge in [0.1, 0.15) is 0 Å². The minimum atomic E-state index is -3.66. The summed E-state index contributed by atoms with van der Waals surface area (Å²) in [5, 5.41) is 3.52. The van der Waals surface area contributed by atoms with Gasteiger partial charge in [-0.2, -0.15) is 4.31 Å². The van der Waals surface area contributed by atoms with Crippen LogP contribution < -0.4 is 4.90 Å². The van der Waals surface area contributed by atoms with Crippen LogP contribution in [0.2, 0.25) is 0 Å². The lowest BCUT2D eigenvalue weighted by Gasteiger charge is -2.34. The minimum absolute atomic E-state index is 0.0768. The van der Waals surface area contributed by atoms with Gasteiger partial charge in [0.2, 0.25) is 10.9 Å². The van der Waals surface area contributed by atoms with Crippen LogP contribution in [0.5, 0.6) is 0 Å². The van der Waals surface area contributed by atoms with Gasteiger partial charge in [0.15, 0.2) is 5.76 Å². The van der Waals surface area contributed by atoms with Gasteiger partial charge >= 0.3 is 0 Å². The van der Waals surface area contributed by atoms with Crippen molar-refractivity contribution in [1.82, 2.24) is 9.46 Å². The fourth-order valence-electron chi connectivity index (χ4n) is 2.89. The second kappa shape index (κ2) is 6.38. The van der Waals surface area contributed by atoms with Gasteiger partial charge < -0.3 is 13.8 Å². The van der Waals surface area contributed by atoms with E-state index < -0.39 is 10.0 Å². The Bertz CT molecular complexity index is 927. The van der Waals surface area contributed by atoms with Crippen LogP contribution in [0, 0.1) is 0 Å². The number of benzene rings is 1. The molecular formula is C17H17N3O4S. The third-order valence-electron chi connectivity index (χ3n) is 4.22. The van der Waals surface area contributed by atoms with Crippen molar-refractivity contribution < 1.29 is 17.4 Å². The molecule has 3 heterocycles. The number of hydrogen-bond donors (Lipinski definition) is 0. The summed E-state index contributed by atoms with van der Waals surface area (Å²) < 4.78 is 37.5. The molecule has 0 aliphatic carbocycles. The lowest BCUT2D eigenvalue weighted by molar-refractivity contribution is 0.359. The van der Waals surface area contributed by atoms with Crippen LogP contribution in [-0.4, -0.2) is 44.1 Å². The molecule has 0 atom stereocenters. The van der Waals surface area contributed by atoms with Crippen LogP contribution in [0.25, 0.3) is 11.5 Å². The fraction of sp³-hybridized carbons (Fsp3) is 0.235. The van der Waals surface area contributed by atoms with Gasteiger partial charge in [-0.05, 0) is 24.3 Å². The molecular weight excluding hydrogens is 342 g/mol. The maximum Gasteiger partial charge on any atom is 0.276 e. The number of rotatable bonds is 4. The van der Waals surface area contributed by atoms with Crippen molar-refractivity contribution in [2.75, 3.05) is 31.1 Å². The third kappa shape index (κ3) is 3.06. The van der Waals surface area contributed by atoms with Crippen molar-refractivity contribution in [1.29, 1.82) is 0 Å². The van der Waals surface area contributed by atoms with Gasteiger partial charge in [-0.3, -0.25) is 0 Å². The first-order chi connectivity index (χ1) is 12.1. The van der Waals surface area contributed by atoms with Gasteiger partial charge in [-0.1, -0.05) is 23.4 Å². The number of para-hydroxylation sites is 1. The zero-order valence-electron chi connectivity index (χ0n) is 13.4. The molecule has 0 bridgehead atoms. The topological polar surface area (TPSA) is 79.8 Å². The highest BCUT2D eigenvalue weighted by Crippen LogP contribution is 2.27.